The molecule has 0 saturated carbocycles. The van der Waals surface area contributed by atoms with E-state index in [2.05, 4.69) is 33.1 Å². The van der Waals surface area contributed by atoms with Crippen LogP contribution in [0, 0.1) is 0 Å². The van der Waals surface area contributed by atoms with Crippen molar-refractivity contribution >= 4 is 33.3 Å². The van der Waals surface area contributed by atoms with Crippen LogP contribution in [0.4, 0.5) is 11.4 Å². The molecule has 0 radical (unpaired) electrons. The Hall–Kier alpha value is -3.90. The SMILES string of the molecule is O=c1[nH]c2ccccc2c(N(CC2CCCO2)c2ccccc2)c1-c1nc2ccccc2[nH]1. The molecule has 1 unspecified atom stereocenters. The molecule has 5 aromatic rings. The van der Waals surface area contributed by atoms with Gasteiger partial charge in [0.15, 0.2) is 0 Å². The van der Waals surface area contributed by atoms with Crippen LogP contribution in [0.1, 0.15) is 12.8 Å². The third-order valence-corrected chi connectivity index (χ3v) is 6.27. The number of imidazole rings is 1. The summed E-state index contributed by atoms with van der Waals surface area (Å²) in [6.07, 6.45) is 2.16. The van der Waals surface area contributed by atoms with Gasteiger partial charge in [-0.1, -0.05) is 48.5 Å². The first kappa shape index (κ1) is 19.8. The Labute approximate surface area is 190 Å². The normalized spacial score (nSPS) is 15.9. The Kier molecular flexibility index (Phi) is 4.92. The fraction of sp³-hybridized carbons (Fsp3) is 0.185. The molecule has 1 fully saturated rings. The lowest BCUT2D eigenvalue weighted by Gasteiger charge is -2.30. The fourth-order valence-electron chi connectivity index (χ4n) is 4.72. The predicted octanol–water partition coefficient (Wildman–Crippen LogP) is 5.39. The number of nitrogens with one attached hydrogen (secondary N) is 2. The Balaban J connectivity index is 1.64. The lowest BCUT2D eigenvalue weighted by atomic mass is 10.0. The first-order valence-corrected chi connectivity index (χ1v) is 11.3. The van der Waals surface area contributed by atoms with Gasteiger partial charge in [0.05, 0.1) is 28.3 Å². The van der Waals surface area contributed by atoms with E-state index in [0.717, 1.165) is 52.8 Å². The Bertz CT molecular complexity index is 1450. The molecule has 3 heterocycles. The number of benzene rings is 3. The first-order valence-electron chi connectivity index (χ1n) is 11.3. The molecule has 1 aliphatic rings. The average Bonchev–Trinajstić information content (AvgIpc) is 3.52. The molecule has 1 saturated heterocycles. The molecule has 164 valence electrons. The van der Waals surface area contributed by atoms with E-state index in [-0.39, 0.29) is 11.7 Å². The average molecular weight is 437 g/mol. The maximum atomic E-state index is 13.5. The number of aromatic amines is 2. The molecule has 1 atom stereocenters. The van der Waals surface area contributed by atoms with Crippen molar-refractivity contribution in [3.05, 3.63) is 89.2 Å². The number of ether oxygens (including phenoxy) is 1. The van der Waals surface area contributed by atoms with Crippen molar-refractivity contribution in [3.63, 3.8) is 0 Å². The van der Waals surface area contributed by atoms with E-state index in [1.54, 1.807) is 0 Å². The molecular formula is C27H24N4O2. The summed E-state index contributed by atoms with van der Waals surface area (Å²) in [5.74, 6) is 0.562. The van der Waals surface area contributed by atoms with Crippen molar-refractivity contribution in [3.8, 4) is 11.4 Å². The third-order valence-electron chi connectivity index (χ3n) is 6.27. The highest BCUT2D eigenvalue weighted by Crippen LogP contribution is 2.38. The number of pyridine rings is 1. The molecule has 0 aliphatic carbocycles. The van der Waals surface area contributed by atoms with Gasteiger partial charge in [0.1, 0.15) is 11.4 Å². The van der Waals surface area contributed by atoms with Crippen LogP contribution in [-0.4, -0.2) is 34.2 Å². The van der Waals surface area contributed by atoms with Gasteiger partial charge in [0.2, 0.25) is 0 Å². The summed E-state index contributed by atoms with van der Waals surface area (Å²) in [6.45, 7) is 1.44. The van der Waals surface area contributed by atoms with Gasteiger partial charge >= 0.3 is 0 Å². The van der Waals surface area contributed by atoms with E-state index >= 15 is 0 Å². The second-order valence-electron chi connectivity index (χ2n) is 8.41. The van der Waals surface area contributed by atoms with Crippen LogP contribution in [-0.2, 0) is 4.74 Å². The summed E-state index contributed by atoms with van der Waals surface area (Å²) >= 11 is 0. The van der Waals surface area contributed by atoms with Gasteiger partial charge in [-0.3, -0.25) is 4.79 Å². The summed E-state index contributed by atoms with van der Waals surface area (Å²) in [7, 11) is 0. The van der Waals surface area contributed by atoms with E-state index in [1.807, 2.05) is 60.7 Å². The molecule has 2 aromatic heterocycles. The Morgan fingerprint density at radius 3 is 2.45 bits per heavy atom. The van der Waals surface area contributed by atoms with Crippen LogP contribution in [0.5, 0.6) is 0 Å². The van der Waals surface area contributed by atoms with E-state index in [1.165, 1.54) is 0 Å². The quantitative estimate of drug-likeness (QED) is 0.387. The number of rotatable bonds is 5. The van der Waals surface area contributed by atoms with Crippen molar-refractivity contribution in [1.29, 1.82) is 0 Å². The number of fused-ring (bicyclic) bond motifs is 2. The molecule has 6 nitrogen and oxygen atoms in total. The summed E-state index contributed by atoms with van der Waals surface area (Å²) < 4.78 is 6.01. The number of nitrogens with zero attached hydrogens (tertiary/aromatic N) is 2. The Morgan fingerprint density at radius 2 is 1.67 bits per heavy atom. The highest BCUT2D eigenvalue weighted by atomic mass is 16.5. The van der Waals surface area contributed by atoms with Crippen LogP contribution in [0.2, 0.25) is 0 Å². The van der Waals surface area contributed by atoms with Gasteiger partial charge in [0.25, 0.3) is 5.56 Å². The summed E-state index contributed by atoms with van der Waals surface area (Å²) in [4.78, 5) is 27.0. The topological polar surface area (TPSA) is 74.0 Å². The second-order valence-corrected chi connectivity index (χ2v) is 8.41. The first-order chi connectivity index (χ1) is 16.3. The molecule has 0 bridgehead atoms. The molecule has 33 heavy (non-hydrogen) atoms. The van der Waals surface area contributed by atoms with Gasteiger partial charge in [0, 0.05) is 24.2 Å². The molecule has 6 rings (SSSR count). The molecule has 0 spiro atoms. The van der Waals surface area contributed by atoms with E-state index in [0.29, 0.717) is 17.9 Å². The number of para-hydroxylation sites is 4. The monoisotopic (exact) mass is 436 g/mol. The van der Waals surface area contributed by atoms with Crippen LogP contribution in [0.3, 0.4) is 0 Å². The maximum Gasteiger partial charge on any atom is 0.261 e. The van der Waals surface area contributed by atoms with E-state index < -0.39 is 0 Å². The standard InChI is InChI=1S/C27H24N4O2/c32-27-24(26-28-22-14-6-7-15-23(22)29-26)25(20-12-4-5-13-21(20)30-27)31(17-19-11-8-16-33-19)18-9-2-1-3-10-18/h1-7,9-10,12-15,19H,8,11,16-17H2,(H,28,29)(H,30,32). The minimum Gasteiger partial charge on any atom is -0.376 e. The van der Waals surface area contributed by atoms with Gasteiger partial charge in [-0.25, -0.2) is 4.98 Å². The van der Waals surface area contributed by atoms with Gasteiger partial charge < -0.3 is 19.6 Å². The molecule has 6 heteroatoms. The van der Waals surface area contributed by atoms with Crippen LogP contribution < -0.4 is 10.5 Å². The highest BCUT2D eigenvalue weighted by Gasteiger charge is 2.27. The zero-order chi connectivity index (χ0) is 22.2. The largest absolute Gasteiger partial charge is 0.376 e. The Morgan fingerprint density at radius 1 is 0.909 bits per heavy atom. The lowest BCUT2D eigenvalue weighted by Crippen LogP contribution is -2.30. The fourth-order valence-corrected chi connectivity index (χ4v) is 4.72. The smallest absolute Gasteiger partial charge is 0.261 e. The number of anilines is 2. The van der Waals surface area contributed by atoms with Crippen molar-refractivity contribution < 1.29 is 4.74 Å². The number of aromatic nitrogens is 3. The van der Waals surface area contributed by atoms with Gasteiger partial charge in [-0.05, 0) is 43.2 Å². The van der Waals surface area contributed by atoms with Crippen LogP contribution >= 0.6 is 0 Å². The molecule has 0 amide bonds. The second kappa shape index (κ2) is 8.22. The molecular weight excluding hydrogens is 412 g/mol. The van der Waals surface area contributed by atoms with Crippen molar-refractivity contribution in [2.24, 2.45) is 0 Å². The lowest BCUT2D eigenvalue weighted by molar-refractivity contribution is 0.117. The number of hydrogen-bond acceptors (Lipinski definition) is 4. The number of hydrogen-bond donors (Lipinski definition) is 2. The molecule has 1 aliphatic heterocycles. The summed E-state index contributed by atoms with van der Waals surface area (Å²) in [5.41, 5.74) is 4.75. The maximum absolute atomic E-state index is 13.5. The van der Waals surface area contributed by atoms with Crippen LogP contribution in [0.25, 0.3) is 33.3 Å². The minimum absolute atomic E-state index is 0.103. The third kappa shape index (κ3) is 3.58. The number of H-pyrrole nitrogens is 2. The molecule has 2 N–H and O–H groups in total. The summed E-state index contributed by atoms with van der Waals surface area (Å²) in [6, 6.07) is 26.0. The zero-order valence-corrected chi connectivity index (χ0v) is 18.1. The predicted molar refractivity (Wildman–Crippen MR) is 132 cm³/mol. The van der Waals surface area contributed by atoms with Crippen molar-refractivity contribution in [1.82, 2.24) is 15.0 Å². The minimum atomic E-state index is -0.170. The van der Waals surface area contributed by atoms with Crippen LogP contribution in [0.15, 0.2) is 83.7 Å². The highest BCUT2D eigenvalue weighted by molar-refractivity contribution is 6.01. The van der Waals surface area contributed by atoms with Crippen molar-refractivity contribution in [2.45, 2.75) is 18.9 Å². The van der Waals surface area contributed by atoms with E-state index in [9.17, 15) is 4.79 Å². The summed E-state index contributed by atoms with van der Waals surface area (Å²) in [5, 5.41) is 0.967. The zero-order valence-electron chi connectivity index (χ0n) is 18.1. The van der Waals surface area contributed by atoms with Gasteiger partial charge in [-0.2, -0.15) is 0 Å². The molecule has 3 aromatic carbocycles. The van der Waals surface area contributed by atoms with Gasteiger partial charge in [-0.15, -0.1) is 0 Å². The van der Waals surface area contributed by atoms with Crippen molar-refractivity contribution in [2.75, 3.05) is 18.1 Å². The van der Waals surface area contributed by atoms with E-state index in [4.69, 9.17) is 9.72 Å².